The second-order valence-corrected chi connectivity index (χ2v) is 7.56. The van der Waals surface area contributed by atoms with Gasteiger partial charge < -0.3 is 10.3 Å². The SMILES string of the molecule is Cc1c(CCN)ncn1CC1C2CC3CC(C2)CC1C3. The summed E-state index contributed by atoms with van der Waals surface area (Å²) in [5.74, 6) is 5.08. The maximum absolute atomic E-state index is 5.67. The largest absolute Gasteiger partial charge is 0.334 e. The maximum Gasteiger partial charge on any atom is 0.0951 e. The van der Waals surface area contributed by atoms with E-state index in [2.05, 4.69) is 22.8 Å². The van der Waals surface area contributed by atoms with Gasteiger partial charge in [0, 0.05) is 18.7 Å². The quantitative estimate of drug-likeness (QED) is 0.916. The topological polar surface area (TPSA) is 43.8 Å². The molecule has 4 saturated carbocycles. The summed E-state index contributed by atoms with van der Waals surface area (Å²) in [5.41, 5.74) is 8.22. The van der Waals surface area contributed by atoms with Crippen molar-refractivity contribution in [2.75, 3.05) is 6.54 Å². The van der Waals surface area contributed by atoms with Crippen LogP contribution in [0.5, 0.6) is 0 Å². The van der Waals surface area contributed by atoms with Crippen molar-refractivity contribution in [3.05, 3.63) is 17.7 Å². The van der Waals surface area contributed by atoms with E-state index in [-0.39, 0.29) is 0 Å². The molecule has 3 nitrogen and oxygen atoms in total. The van der Waals surface area contributed by atoms with E-state index in [0.717, 1.165) is 36.0 Å². The smallest absolute Gasteiger partial charge is 0.0951 e. The van der Waals surface area contributed by atoms with Crippen molar-refractivity contribution >= 4 is 0 Å². The lowest BCUT2D eigenvalue weighted by atomic mass is 9.52. The molecule has 0 amide bonds. The third kappa shape index (κ3) is 2.02. The molecule has 0 radical (unpaired) electrons. The van der Waals surface area contributed by atoms with Crippen LogP contribution in [-0.4, -0.2) is 16.1 Å². The van der Waals surface area contributed by atoms with Crippen molar-refractivity contribution in [2.45, 2.75) is 52.0 Å². The molecule has 1 aromatic heterocycles. The lowest BCUT2D eigenvalue weighted by molar-refractivity contribution is -0.0431. The van der Waals surface area contributed by atoms with Gasteiger partial charge in [0.25, 0.3) is 0 Å². The van der Waals surface area contributed by atoms with Gasteiger partial charge in [-0.05, 0) is 75.2 Å². The van der Waals surface area contributed by atoms with Gasteiger partial charge in [-0.2, -0.15) is 0 Å². The van der Waals surface area contributed by atoms with Gasteiger partial charge in [0.1, 0.15) is 0 Å². The van der Waals surface area contributed by atoms with Crippen molar-refractivity contribution in [1.29, 1.82) is 0 Å². The molecule has 1 aromatic rings. The predicted octanol–water partition coefficient (Wildman–Crippen LogP) is 2.77. The predicted molar refractivity (Wildman–Crippen MR) is 80.3 cm³/mol. The molecule has 4 aliphatic carbocycles. The summed E-state index contributed by atoms with van der Waals surface area (Å²) < 4.78 is 2.41. The van der Waals surface area contributed by atoms with Crippen molar-refractivity contribution in [1.82, 2.24) is 9.55 Å². The minimum atomic E-state index is 0.704. The lowest BCUT2D eigenvalue weighted by Gasteiger charge is -2.54. The monoisotopic (exact) mass is 273 g/mol. The Morgan fingerprint density at radius 3 is 2.40 bits per heavy atom. The molecule has 3 heteroatoms. The van der Waals surface area contributed by atoms with E-state index in [1.54, 1.807) is 6.42 Å². The summed E-state index contributed by atoms with van der Waals surface area (Å²) in [5, 5.41) is 0. The van der Waals surface area contributed by atoms with Crippen molar-refractivity contribution < 1.29 is 0 Å². The first-order valence-electron chi connectivity index (χ1n) is 8.45. The molecule has 1 heterocycles. The average molecular weight is 273 g/mol. The number of hydrogen-bond donors (Lipinski definition) is 1. The third-order valence-corrected chi connectivity index (χ3v) is 6.41. The number of hydrogen-bond acceptors (Lipinski definition) is 2. The Kier molecular flexibility index (Phi) is 3.13. The summed E-state index contributed by atoms with van der Waals surface area (Å²) >= 11 is 0. The van der Waals surface area contributed by atoms with Crippen LogP contribution in [0.1, 0.15) is 43.5 Å². The summed E-state index contributed by atoms with van der Waals surface area (Å²) in [6.45, 7) is 4.13. The lowest BCUT2D eigenvalue weighted by Crippen LogP contribution is -2.46. The number of nitrogens with two attached hydrogens (primary N) is 1. The highest BCUT2D eigenvalue weighted by atomic mass is 15.1. The second-order valence-electron chi connectivity index (χ2n) is 7.56. The van der Waals surface area contributed by atoms with Crippen LogP contribution in [0.4, 0.5) is 0 Å². The Balaban J connectivity index is 1.52. The molecule has 4 aliphatic rings. The van der Waals surface area contributed by atoms with Gasteiger partial charge in [0.15, 0.2) is 0 Å². The number of rotatable bonds is 4. The van der Waals surface area contributed by atoms with E-state index < -0.39 is 0 Å². The molecule has 0 spiro atoms. The number of imidazole rings is 1. The van der Waals surface area contributed by atoms with Gasteiger partial charge >= 0.3 is 0 Å². The van der Waals surface area contributed by atoms with E-state index in [1.165, 1.54) is 43.6 Å². The standard InChI is InChI=1S/C17H27N3/c1-11-17(2-3-18)19-10-20(11)9-16-14-5-12-4-13(7-14)8-15(16)6-12/h10,12-16H,2-9,18H2,1H3. The van der Waals surface area contributed by atoms with Crippen LogP contribution >= 0.6 is 0 Å². The fraction of sp³-hybridized carbons (Fsp3) is 0.824. The van der Waals surface area contributed by atoms with Crippen LogP contribution in [-0.2, 0) is 13.0 Å². The van der Waals surface area contributed by atoms with Crippen LogP contribution in [0.15, 0.2) is 6.33 Å². The molecule has 0 atom stereocenters. The Hall–Kier alpha value is -0.830. The van der Waals surface area contributed by atoms with Crippen molar-refractivity contribution in [3.8, 4) is 0 Å². The van der Waals surface area contributed by atoms with Gasteiger partial charge in [0.05, 0.1) is 12.0 Å². The maximum atomic E-state index is 5.67. The zero-order chi connectivity index (χ0) is 13.7. The van der Waals surface area contributed by atoms with Crippen LogP contribution in [0.2, 0.25) is 0 Å². The number of nitrogens with zero attached hydrogens (tertiary/aromatic N) is 2. The molecule has 5 rings (SSSR count). The molecule has 0 saturated heterocycles. The highest BCUT2D eigenvalue weighted by Crippen LogP contribution is 2.56. The van der Waals surface area contributed by atoms with Crippen LogP contribution in [0.25, 0.3) is 0 Å². The van der Waals surface area contributed by atoms with E-state index in [9.17, 15) is 0 Å². The average Bonchev–Trinajstić information content (AvgIpc) is 2.75. The molecule has 20 heavy (non-hydrogen) atoms. The number of aromatic nitrogens is 2. The summed E-state index contributed by atoms with van der Waals surface area (Å²) in [7, 11) is 0. The van der Waals surface area contributed by atoms with E-state index in [1.807, 2.05) is 0 Å². The molecule has 4 fully saturated rings. The van der Waals surface area contributed by atoms with Gasteiger partial charge in [-0.3, -0.25) is 0 Å². The van der Waals surface area contributed by atoms with Crippen LogP contribution in [0, 0.1) is 36.5 Å². The fourth-order valence-electron chi connectivity index (χ4n) is 5.61. The van der Waals surface area contributed by atoms with E-state index >= 15 is 0 Å². The summed E-state index contributed by atoms with van der Waals surface area (Å²) in [6.07, 6.45) is 10.6. The first-order chi connectivity index (χ1) is 9.74. The Bertz CT molecular complexity index is 462. The second kappa shape index (κ2) is 4.87. The van der Waals surface area contributed by atoms with Crippen molar-refractivity contribution in [3.63, 3.8) is 0 Å². The van der Waals surface area contributed by atoms with Gasteiger partial charge in [-0.1, -0.05) is 0 Å². The summed E-state index contributed by atoms with van der Waals surface area (Å²) in [4.78, 5) is 4.57. The van der Waals surface area contributed by atoms with Gasteiger partial charge in [-0.25, -0.2) is 4.98 Å². The normalized spacial score (nSPS) is 38.6. The fourth-order valence-corrected chi connectivity index (χ4v) is 5.61. The summed E-state index contributed by atoms with van der Waals surface area (Å²) in [6, 6.07) is 0. The Labute approximate surface area is 122 Å². The highest BCUT2D eigenvalue weighted by molar-refractivity contribution is 5.12. The van der Waals surface area contributed by atoms with Gasteiger partial charge in [-0.15, -0.1) is 0 Å². The minimum Gasteiger partial charge on any atom is -0.334 e. The highest BCUT2D eigenvalue weighted by Gasteiger charge is 2.48. The van der Waals surface area contributed by atoms with E-state index in [0.29, 0.717) is 6.54 Å². The molecule has 110 valence electrons. The molecule has 0 unspecified atom stereocenters. The van der Waals surface area contributed by atoms with E-state index in [4.69, 9.17) is 5.73 Å². The molecular weight excluding hydrogens is 246 g/mol. The Morgan fingerprint density at radius 2 is 1.80 bits per heavy atom. The molecule has 4 bridgehead atoms. The first kappa shape index (κ1) is 12.9. The molecule has 0 aromatic carbocycles. The molecule has 0 aliphatic heterocycles. The van der Waals surface area contributed by atoms with Gasteiger partial charge in [0.2, 0.25) is 0 Å². The van der Waals surface area contributed by atoms with Crippen LogP contribution < -0.4 is 5.73 Å². The third-order valence-electron chi connectivity index (χ3n) is 6.41. The minimum absolute atomic E-state index is 0.704. The zero-order valence-corrected chi connectivity index (χ0v) is 12.6. The molecule has 2 N–H and O–H groups in total. The Morgan fingerprint density at radius 1 is 1.15 bits per heavy atom. The van der Waals surface area contributed by atoms with Crippen LogP contribution in [0.3, 0.4) is 0 Å². The zero-order valence-electron chi connectivity index (χ0n) is 12.6. The first-order valence-corrected chi connectivity index (χ1v) is 8.45. The molecular formula is C17H27N3. The van der Waals surface area contributed by atoms with Crippen molar-refractivity contribution in [2.24, 2.45) is 35.3 Å².